The zero-order valence-electron chi connectivity index (χ0n) is 48.3. The van der Waals surface area contributed by atoms with Crippen molar-refractivity contribution in [1.29, 1.82) is 0 Å². The highest BCUT2D eigenvalue weighted by Gasteiger charge is 2.61. The molecular weight excluding hydrogens is 1170 g/mol. The highest BCUT2D eigenvalue weighted by atomic mass is 19.4. The number of likely N-dealkylation sites (tertiary alicyclic amines) is 2. The second kappa shape index (κ2) is 22.0. The number of ether oxygens (including phenoxy) is 4. The number of fused-ring (bicyclic) bond motifs is 2. The summed E-state index contributed by atoms with van der Waals surface area (Å²) in [5, 5.41) is 16.3. The van der Waals surface area contributed by atoms with Crippen LogP contribution in [-0.4, -0.2) is 140 Å². The fraction of sp³-hybridized carbons (Fsp3) is 0.516. The Morgan fingerprint density at radius 1 is 0.545 bits per heavy atom. The van der Waals surface area contributed by atoms with Crippen LogP contribution in [0.2, 0.25) is 0 Å². The van der Waals surface area contributed by atoms with Gasteiger partial charge in [0.05, 0.1) is 50.6 Å². The summed E-state index contributed by atoms with van der Waals surface area (Å²) in [5.74, 6) is -5.52. The number of halogens is 10. The molecule has 2 spiro atoms. The average Bonchev–Trinajstić information content (AvgIpc) is 1.75. The van der Waals surface area contributed by atoms with Crippen LogP contribution < -0.4 is 9.80 Å². The van der Waals surface area contributed by atoms with Crippen LogP contribution in [-0.2, 0) is 95.2 Å². The molecule has 88 heavy (non-hydrogen) atoms. The number of amides is 2. The molecule has 0 saturated carbocycles. The number of benzene rings is 4. The largest absolute Gasteiger partial charge is 0.416 e. The summed E-state index contributed by atoms with van der Waals surface area (Å²) in [6.45, 7) is 1.65. The molecule has 0 aliphatic carbocycles. The van der Waals surface area contributed by atoms with Crippen LogP contribution in [0.25, 0.3) is 0 Å². The van der Waals surface area contributed by atoms with E-state index >= 15 is 0 Å². The van der Waals surface area contributed by atoms with E-state index in [4.69, 9.17) is 18.9 Å². The van der Waals surface area contributed by atoms with Crippen molar-refractivity contribution in [1.82, 2.24) is 39.3 Å². The van der Waals surface area contributed by atoms with Gasteiger partial charge in [-0.25, -0.2) is 17.6 Å². The maximum Gasteiger partial charge on any atom is 0.416 e. The normalized spacial score (nSPS) is 24.6. The van der Waals surface area contributed by atoms with Crippen molar-refractivity contribution in [2.45, 2.75) is 124 Å². The highest BCUT2D eigenvalue weighted by molar-refractivity contribution is 6.11. The number of hydrogen-bond donors (Lipinski definition) is 0. The minimum Gasteiger partial charge on any atom is -0.379 e. The molecule has 10 heterocycles. The average molecular weight is 1240 g/mol. The van der Waals surface area contributed by atoms with Gasteiger partial charge in [-0.05, 0) is 108 Å². The highest BCUT2D eigenvalue weighted by Crippen LogP contribution is 2.49. The lowest BCUT2D eigenvalue weighted by Gasteiger charge is -2.45. The topological polar surface area (TPSA) is 145 Å². The molecule has 0 bridgehead atoms. The number of carbonyl (C=O) groups excluding carboxylic acids is 2. The van der Waals surface area contributed by atoms with Gasteiger partial charge < -0.3 is 37.9 Å². The van der Waals surface area contributed by atoms with Gasteiger partial charge in [-0.3, -0.25) is 19.4 Å². The number of rotatable bonds is 12. The van der Waals surface area contributed by atoms with Crippen molar-refractivity contribution >= 4 is 23.2 Å². The first-order chi connectivity index (χ1) is 41.8. The van der Waals surface area contributed by atoms with Gasteiger partial charge in [0, 0.05) is 126 Å². The number of alkyl halides is 10. The third-order valence-electron chi connectivity index (χ3n) is 19.3. The Bertz CT molecular complexity index is 3430. The molecule has 468 valence electrons. The Morgan fingerprint density at radius 3 is 1.28 bits per heavy atom. The Kier molecular flexibility index (Phi) is 15.0. The van der Waals surface area contributed by atoms with E-state index in [9.17, 15) is 53.5 Å². The Morgan fingerprint density at radius 2 is 0.955 bits per heavy atom. The van der Waals surface area contributed by atoms with Crippen LogP contribution in [0, 0.1) is 0 Å². The van der Waals surface area contributed by atoms with Gasteiger partial charge in [0.25, 0.3) is 23.7 Å². The molecule has 8 aliphatic heterocycles. The van der Waals surface area contributed by atoms with E-state index < -0.39 is 82.0 Å². The van der Waals surface area contributed by atoms with Crippen molar-refractivity contribution in [3.63, 3.8) is 0 Å². The van der Waals surface area contributed by atoms with Gasteiger partial charge in [-0.15, -0.1) is 20.4 Å². The van der Waals surface area contributed by atoms with Crippen molar-refractivity contribution in [3.8, 4) is 0 Å². The van der Waals surface area contributed by atoms with E-state index in [2.05, 4.69) is 20.4 Å². The predicted molar refractivity (Wildman–Crippen MR) is 297 cm³/mol. The zero-order chi connectivity index (χ0) is 61.8. The lowest BCUT2D eigenvalue weighted by Crippen LogP contribution is -2.60. The number of anilines is 2. The van der Waals surface area contributed by atoms with Crippen LogP contribution in [0.3, 0.4) is 0 Å². The third kappa shape index (κ3) is 10.6. The minimum absolute atomic E-state index is 0.00484. The molecule has 8 aliphatic rings. The van der Waals surface area contributed by atoms with E-state index in [1.54, 1.807) is 46.7 Å². The van der Waals surface area contributed by atoms with Crippen LogP contribution in [0.4, 0.5) is 55.3 Å². The van der Waals surface area contributed by atoms with Gasteiger partial charge in [-0.2, -0.15) is 26.3 Å². The van der Waals surface area contributed by atoms with Crippen molar-refractivity contribution in [2.24, 2.45) is 14.1 Å². The Balaban J connectivity index is 0.000000162. The molecule has 0 N–H and O–H groups in total. The number of piperidine rings is 2. The second-order valence-corrected chi connectivity index (χ2v) is 25.1. The van der Waals surface area contributed by atoms with Gasteiger partial charge in [-0.1, -0.05) is 24.3 Å². The number of nitrogens with zero attached hydrogens (tertiary/aromatic N) is 10. The first-order valence-electron chi connectivity index (χ1n) is 29.4. The molecule has 6 saturated heterocycles. The van der Waals surface area contributed by atoms with Crippen LogP contribution >= 0.6 is 0 Å². The predicted octanol–water partition coefficient (Wildman–Crippen LogP) is 9.79. The van der Waals surface area contributed by atoms with Gasteiger partial charge in [0.15, 0.2) is 0 Å². The molecule has 2 unspecified atom stereocenters. The summed E-state index contributed by atoms with van der Waals surface area (Å²) in [5.41, 5.74) is -2.72. The SMILES string of the molecule is Cn1cnnc1CC1(c2cccc(N3Cc4c(cc(CN5CCC(F)(F)C6(CCCO6)C5)cc4C(F)(F)F)C3=O)c2)COC1.Cn1cnnc1CC1(c2cccc(N3Cc4c(cc(CN5CCC(F)(F)C6(CCCO6)C5)cc4C(F)(F)F)C3=O)c2)COC1. The Labute approximate surface area is 499 Å². The Hall–Kier alpha value is -6.84. The third-order valence-corrected chi connectivity index (χ3v) is 19.3. The molecule has 2 atom stereocenters. The van der Waals surface area contributed by atoms with E-state index in [0.29, 0.717) is 63.5 Å². The molecule has 2 aromatic heterocycles. The molecule has 0 radical (unpaired) electrons. The smallest absolute Gasteiger partial charge is 0.379 e. The van der Waals surface area contributed by atoms with E-state index in [-0.39, 0.29) is 112 Å². The fourth-order valence-corrected chi connectivity index (χ4v) is 14.2. The monoisotopic (exact) mass is 1230 g/mol. The quantitative estimate of drug-likeness (QED) is 0.108. The number of carbonyl (C=O) groups is 2. The summed E-state index contributed by atoms with van der Waals surface area (Å²) >= 11 is 0. The van der Waals surface area contributed by atoms with Crippen LogP contribution in [0.15, 0.2) is 85.5 Å². The number of aryl methyl sites for hydroxylation is 2. The van der Waals surface area contributed by atoms with Crippen LogP contribution in [0.1, 0.15) is 115 Å². The summed E-state index contributed by atoms with van der Waals surface area (Å²) < 4.78 is 171. The maximum atomic E-state index is 14.8. The lowest BCUT2D eigenvalue weighted by molar-refractivity contribution is -0.220. The number of aromatic nitrogens is 6. The summed E-state index contributed by atoms with van der Waals surface area (Å²) in [6, 6.07) is 19.6. The fourth-order valence-electron chi connectivity index (χ4n) is 14.2. The first-order valence-corrected chi connectivity index (χ1v) is 29.4. The minimum atomic E-state index is -4.70. The first kappa shape index (κ1) is 60.1. The lowest BCUT2D eigenvalue weighted by atomic mass is 9.75. The summed E-state index contributed by atoms with van der Waals surface area (Å²) in [7, 11) is 3.71. The van der Waals surface area contributed by atoms with Crippen molar-refractivity contribution in [2.75, 3.05) is 75.6 Å². The summed E-state index contributed by atoms with van der Waals surface area (Å²) in [6.07, 6.45) is -4.50. The molecule has 26 heteroatoms. The van der Waals surface area contributed by atoms with Crippen molar-refractivity contribution in [3.05, 3.63) is 153 Å². The van der Waals surface area contributed by atoms with E-state index in [1.165, 1.54) is 21.9 Å². The molecule has 6 fully saturated rings. The van der Waals surface area contributed by atoms with Gasteiger partial charge >= 0.3 is 12.4 Å². The molecule has 14 rings (SSSR count). The molecule has 16 nitrogen and oxygen atoms in total. The molecule has 4 aromatic carbocycles. The van der Waals surface area contributed by atoms with Gasteiger partial charge in [0.2, 0.25) is 0 Å². The van der Waals surface area contributed by atoms with Crippen molar-refractivity contribution < 1.29 is 72.4 Å². The molecule has 2 amide bonds. The summed E-state index contributed by atoms with van der Waals surface area (Å²) in [4.78, 5) is 33.6. The number of hydrogen-bond acceptors (Lipinski definition) is 12. The van der Waals surface area contributed by atoms with Crippen LogP contribution in [0.5, 0.6) is 0 Å². The zero-order valence-corrected chi connectivity index (χ0v) is 48.3. The maximum absolute atomic E-state index is 14.8. The molecule has 6 aromatic rings. The van der Waals surface area contributed by atoms with E-state index in [0.717, 1.165) is 34.9 Å². The molecular formula is C62H64F10N10O6. The standard InChI is InChI=1S/2C31H32F5N5O3/c2*1-39-19-37-38-26(39)13-28(17-43-18-28)21-4-2-5-22(12-21)41-15-24-23(27(41)42)10-20(11-25(24)31(34,35)36)14-40-8-7-30(32,33)29(16-40)6-3-9-44-29/h2*2,4-5,10-12,19H,3,6-9,13-18H2,1H3. The van der Waals surface area contributed by atoms with Gasteiger partial charge in [0.1, 0.15) is 35.5 Å². The second-order valence-electron chi connectivity index (χ2n) is 25.1. The van der Waals surface area contributed by atoms with E-state index in [1.807, 2.05) is 47.5 Å².